The molecule has 0 aliphatic rings. The summed E-state index contributed by atoms with van der Waals surface area (Å²) in [5.74, 6) is 0.883. The Labute approximate surface area is 128 Å². The minimum Gasteiger partial charge on any atom is -0.494 e. The maximum atomic E-state index is 6.00. The summed E-state index contributed by atoms with van der Waals surface area (Å²) in [4.78, 5) is 3.25. The average molecular weight is 301 g/mol. The first-order valence-electron chi connectivity index (χ1n) is 6.98. The molecule has 0 saturated carbocycles. The molecule has 3 aromatic rings. The second-order valence-electron chi connectivity index (χ2n) is 4.82. The molecular formula is C17H17ClN2O. The van der Waals surface area contributed by atoms with Crippen molar-refractivity contribution in [3.8, 4) is 5.75 Å². The molecular weight excluding hydrogens is 284 g/mol. The van der Waals surface area contributed by atoms with E-state index in [0.29, 0.717) is 6.61 Å². The number of rotatable bonds is 5. The number of fused-ring (bicyclic) bond motifs is 1. The summed E-state index contributed by atoms with van der Waals surface area (Å²) in [6, 6.07) is 13.9. The number of benzene rings is 2. The van der Waals surface area contributed by atoms with E-state index in [1.807, 2.05) is 55.6 Å². The molecule has 4 heteroatoms. The Balaban J connectivity index is 1.75. The van der Waals surface area contributed by atoms with E-state index in [1.165, 1.54) is 10.9 Å². The third-order valence-electron chi connectivity index (χ3n) is 3.36. The fourth-order valence-electron chi connectivity index (χ4n) is 2.36. The molecule has 0 atom stereocenters. The number of aromatic amines is 1. The lowest BCUT2D eigenvalue weighted by Crippen LogP contribution is -1.99. The highest BCUT2D eigenvalue weighted by molar-refractivity contribution is 6.31. The molecule has 108 valence electrons. The van der Waals surface area contributed by atoms with Gasteiger partial charge in [-0.2, -0.15) is 0 Å². The van der Waals surface area contributed by atoms with Crippen LogP contribution in [0.3, 0.4) is 0 Å². The highest BCUT2D eigenvalue weighted by Gasteiger charge is 2.04. The molecule has 0 saturated heterocycles. The quantitative estimate of drug-likeness (QED) is 0.708. The molecule has 0 fully saturated rings. The maximum Gasteiger partial charge on any atom is 0.121 e. The van der Waals surface area contributed by atoms with Crippen molar-refractivity contribution in [1.29, 1.82) is 0 Å². The molecule has 0 spiro atoms. The summed E-state index contributed by atoms with van der Waals surface area (Å²) in [5.41, 5.74) is 3.31. The Morgan fingerprint density at radius 1 is 1.19 bits per heavy atom. The Hall–Kier alpha value is -2.13. The van der Waals surface area contributed by atoms with Gasteiger partial charge in [-0.15, -0.1) is 0 Å². The van der Waals surface area contributed by atoms with Crippen molar-refractivity contribution in [1.82, 2.24) is 4.98 Å². The van der Waals surface area contributed by atoms with E-state index in [9.17, 15) is 0 Å². The standard InChI is InChI=1S/C17H17ClN2O/c1-2-21-15-5-3-4-14(9-15)19-10-12-11-20-17-8-13(18)6-7-16(12)17/h3-9,11,19-20H,2,10H2,1H3. The summed E-state index contributed by atoms with van der Waals surface area (Å²) in [5, 5.41) is 5.35. The number of aromatic nitrogens is 1. The third kappa shape index (κ3) is 3.14. The number of halogens is 1. The molecule has 2 aromatic carbocycles. The van der Waals surface area contributed by atoms with E-state index in [2.05, 4.69) is 10.3 Å². The zero-order valence-electron chi connectivity index (χ0n) is 11.8. The van der Waals surface area contributed by atoms with Crippen molar-refractivity contribution < 1.29 is 4.74 Å². The first-order chi connectivity index (χ1) is 10.3. The fourth-order valence-corrected chi connectivity index (χ4v) is 2.54. The molecule has 0 aliphatic heterocycles. The molecule has 0 unspecified atom stereocenters. The lowest BCUT2D eigenvalue weighted by Gasteiger charge is -2.08. The van der Waals surface area contributed by atoms with Crippen LogP contribution in [0, 0.1) is 0 Å². The number of H-pyrrole nitrogens is 1. The van der Waals surface area contributed by atoms with Crippen LogP contribution in [0.4, 0.5) is 5.69 Å². The molecule has 0 amide bonds. The lowest BCUT2D eigenvalue weighted by molar-refractivity contribution is 0.340. The van der Waals surface area contributed by atoms with Crippen LogP contribution in [0.1, 0.15) is 12.5 Å². The van der Waals surface area contributed by atoms with Gasteiger partial charge < -0.3 is 15.0 Å². The van der Waals surface area contributed by atoms with Crippen molar-refractivity contribution >= 4 is 28.2 Å². The highest BCUT2D eigenvalue weighted by atomic mass is 35.5. The van der Waals surface area contributed by atoms with Gasteiger partial charge in [-0.1, -0.05) is 23.7 Å². The second kappa shape index (κ2) is 6.10. The number of hydrogen-bond acceptors (Lipinski definition) is 2. The van der Waals surface area contributed by atoms with Gasteiger partial charge in [-0.3, -0.25) is 0 Å². The smallest absolute Gasteiger partial charge is 0.121 e. The third-order valence-corrected chi connectivity index (χ3v) is 3.59. The monoisotopic (exact) mass is 300 g/mol. The van der Waals surface area contributed by atoms with Gasteiger partial charge in [0.15, 0.2) is 0 Å². The molecule has 1 aromatic heterocycles. The van der Waals surface area contributed by atoms with Crippen molar-refractivity contribution in [3.63, 3.8) is 0 Å². The van der Waals surface area contributed by atoms with Crippen LogP contribution in [0.5, 0.6) is 5.75 Å². The Kier molecular flexibility index (Phi) is 4.02. The zero-order valence-corrected chi connectivity index (χ0v) is 12.6. The van der Waals surface area contributed by atoms with Gasteiger partial charge in [0.1, 0.15) is 5.75 Å². The van der Waals surface area contributed by atoms with E-state index >= 15 is 0 Å². The average Bonchev–Trinajstić information content (AvgIpc) is 2.88. The van der Waals surface area contributed by atoms with Gasteiger partial charge in [0.05, 0.1) is 6.61 Å². The Morgan fingerprint density at radius 3 is 2.95 bits per heavy atom. The van der Waals surface area contributed by atoms with Gasteiger partial charge in [-0.05, 0) is 36.8 Å². The predicted molar refractivity (Wildman–Crippen MR) is 88.2 cm³/mol. The molecule has 1 heterocycles. The fraction of sp³-hybridized carbons (Fsp3) is 0.176. The maximum absolute atomic E-state index is 6.00. The topological polar surface area (TPSA) is 37.0 Å². The first kappa shape index (κ1) is 13.8. The molecule has 0 aliphatic carbocycles. The Bertz CT molecular complexity index is 751. The minimum atomic E-state index is 0.673. The van der Waals surface area contributed by atoms with Gasteiger partial charge in [0.2, 0.25) is 0 Å². The minimum absolute atomic E-state index is 0.673. The number of hydrogen-bond donors (Lipinski definition) is 2. The van der Waals surface area contributed by atoms with Crippen molar-refractivity contribution in [2.75, 3.05) is 11.9 Å². The first-order valence-corrected chi connectivity index (χ1v) is 7.36. The molecule has 3 rings (SSSR count). The van der Waals surface area contributed by atoms with Crippen LogP contribution >= 0.6 is 11.6 Å². The van der Waals surface area contributed by atoms with Crippen LogP contribution in [-0.4, -0.2) is 11.6 Å². The van der Waals surface area contributed by atoms with Crippen LogP contribution in [0.15, 0.2) is 48.7 Å². The van der Waals surface area contributed by atoms with Crippen molar-refractivity contribution in [2.24, 2.45) is 0 Å². The largest absolute Gasteiger partial charge is 0.494 e. The summed E-state index contributed by atoms with van der Waals surface area (Å²) >= 11 is 6.00. The van der Waals surface area contributed by atoms with Gasteiger partial charge in [0, 0.05) is 40.4 Å². The molecule has 3 nitrogen and oxygen atoms in total. The second-order valence-corrected chi connectivity index (χ2v) is 5.25. The number of anilines is 1. The van der Waals surface area contributed by atoms with Gasteiger partial charge >= 0.3 is 0 Å². The normalized spacial score (nSPS) is 10.8. The zero-order chi connectivity index (χ0) is 14.7. The van der Waals surface area contributed by atoms with Gasteiger partial charge in [0.25, 0.3) is 0 Å². The number of nitrogens with one attached hydrogen (secondary N) is 2. The molecule has 0 bridgehead atoms. The summed E-state index contributed by atoms with van der Waals surface area (Å²) in [6.45, 7) is 3.40. The van der Waals surface area contributed by atoms with Crippen LogP contribution in [-0.2, 0) is 6.54 Å². The number of ether oxygens (including phenoxy) is 1. The predicted octanol–water partition coefficient (Wildman–Crippen LogP) is 4.83. The summed E-state index contributed by atoms with van der Waals surface area (Å²) in [7, 11) is 0. The SMILES string of the molecule is CCOc1cccc(NCc2c[nH]c3cc(Cl)ccc23)c1. The molecule has 2 N–H and O–H groups in total. The Morgan fingerprint density at radius 2 is 2.10 bits per heavy atom. The van der Waals surface area contributed by atoms with Crippen LogP contribution < -0.4 is 10.1 Å². The summed E-state index contributed by atoms with van der Waals surface area (Å²) < 4.78 is 5.51. The summed E-state index contributed by atoms with van der Waals surface area (Å²) in [6.07, 6.45) is 2.01. The molecule has 21 heavy (non-hydrogen) atoms. The highest BCUT2D eigenvalue weighted by Crippen LogP contribution is 2.23. The van der Waals surface area contributed by atoms with E-state index < -0.39 is 0 Å². The van der Waals surface area contributed by atoms with E-state index in [-0.39, 0.29) is 0 Å². The van der Waals surface area contributed by atoms with Crippen molar-refractivity contribution in [2.45, 2.75) is 13.5 Å². The van der Waals surface area contributed by atoms with Crippen molar-refractivity contribution in [3.05, 3.63) is 59.2 Å². The van der Waals surface area contributed by atoms with E-state index in [0.717, 1.165) is 28.5 Å². The van der Waals surface area contributed by atoms with Crippen LogP contribution in [0.25, 0.3) is 10.9 Å². The van der Waals surface area contributed by atoms with Crippen LogP contribution in [0.2, 0.25) is 5.02 Å². The lowest BCUT2D eigenvalue weighted by atomic mass is 10.1. The van der Waals surface area contributed by atoms with E-state index in [1.54, 1.807) is 0 Å². The molecule has 0 radical (unpaired) electrons. The van der Waals surface area contributed by atoms with E-state index in [4.69, 9.17) is 16.3 Å². The van der Waals surface area contributed by atoms with Gasteiger partial charge in [-0.25, -0.2) is 0 Å².